The van der Waals surface area contributed by atoms with Gasteiger partial charge in [-0.2, -0.15) is 13.2 Å². The highest BCUT2D eigenvalue weighted by Crippen LogP contribution is 2.36. The maximum absolute atomic E-state index is 12.6. The lowest BCUT2D eigenvalue weighted by molar-refractivity contribution is -0.144. The second-order valence-corrected chi connectivity index (χ2v) is 6.46. The molecule has 1 N–H and O–H groups in total. The second kappa shape index (κ2) is 6.65. The predicted octanol–water partition coefficient (Wildman–Crippen LogP) is 3.72. The van der Waals surface area contributed by atoms with Crippen LogP contribution in [0.4, 0.5) is 13.2 Å². The number of piperazine rings is 1. The van der Waals surface area contributed by atoms with Crippen molar-refractivity contribution >= 4 is 0 Å². The summed E-state index contributed by atoms with van der Waals surface area (Å²) in [4.78, 5) is 2.16. The highest BCUT2D eigenvalue weighted by molar-refractivity contribution is 5.00. The van der Waals surface area contributed by atoms with Gasteiger partial charge in [0.2, 0.25) is 0 Å². The Morgan fingerprint density at radius 2 is 1.90 bits per heavy atom. The Hall–Kier alpha value is -0.290. The summed E-state index contributed by atoms with van der Waals surface area (Å²) in [6, 6.07) is 0.362. The van der Waals surface area contributed by atoms with Gasteiger partial charge >= 0.3 is 6.18 Å². The van der Waals surface area contributed by atoms with Gasteiger partial charge in [0.15, 0.2) is 0 Å². The number of nitrogens with one attached hydrogen (secondary N) is 1. The predicted molar refractivity (Wildman–Crippen MR) is 74.8 cm³/mol. The Labute approximate surface area is 120 Å². The highest BCUT2D eigenvalue weighted by Gasteiger charge is 2.43. The van der Waals surface area contributed by atoms with Gasteiger partial charge in [0.25, 0.3) is 0 Å². The van der Waals surface area contributed by atoms with Crippen molar-refractivity contribution < 1.29 is 13.2 Å². The number of halogens is 3. The zero-order valence-corrected chi connectivity index (χ0v) is 12.4. The molecule has 0 aromatic heterocycles. The molecule has 2 aliphatic rings. The fraction of sp³-hybridized carbons (Fsp3) is 1.00. The molecule has 1 heterocycles. The van der Waals surface area contributed by atoms with Crippen LogP contribution in [0.1, 0.15) is 58.3 Å². The SMILES string of the molecule is CCCC1CN(CCC(F)(F)F)C2(CCCCC2)CN1. The van der Waals surface area contributed by atoms with E-state index in [-0.39, 0.29) is 12.1 Å². The Balaban J connectivity index is 2.01. The van der Waals surface area contributed by atoms with Crippen LogP contribution in [0.15, 0.2) is 0 Å². The Morgan fingerprint density at radius 3 is 2.50 bits per heavy atom. The summed E-state index contributed by atoms with van der Waals surface area (Å²) >= 11 is 0. The molecule has 1 atom stereocenters. The van der Waals surface area contributed by atoms with Gasteiger partial charge in [0, 0.05) is 31.2 Å². The van der Waals surface area contributed by atoms with Gasteiger partial charge in [-0.1, -0.05) is 32.6 Å². The molecular formula is C15H27F3N2. The molecule has 2 rings (SSSR count). The van der Waals surface area contributed by atoms with Crippen LogP contribution in [-0.2, 0) is 0 Å². The molecule has 5 heteroatoms. The van der Waals surface area contributed by atoms with Gasteiger partial charge in [-0.15, -0.1) is 0 Å². The van der Waals surface area contributed by atoms with Crippen molar-refractivity contribution in [2.24, 2.45) is 0 Å². The molecule has 2 nitrogen and oxygen atoms in total. The van der Waals surface area contributed by atoms with Crippen molar-refractivity contribution in [3.8, 4) is 0 Å². The van der Waals surface area contributed by atoms with E-state index in [1.54, 1.807) is 0 Å². The van der Waals surface area contributed by atoms with Crippen molar-refractivity contribution in [1.82, 2.24) is 10.2 Å². The molecular weight excluding hydrogens is 265 g/mol. The monoisotopic (exact) mass is 292 g/mol. The summed E-state index contributed by atoms with van der Waals surface area (Å²) < 4.78 is 37.7. The summed E-state index contributed by atoms with van der Waals surface area (Å²) in [6.45, 7) is 3.96. The smallest absolute Gasteiger partial charge is 0.311 e. The average Bonchev–Trinajstić information content (AvgIpc) is 2.40. The minimum Gasteiger partial charge on any atom is -0.311 e. The first-order chi connectivity index (χ1) is 9.45. The Morgan fingerprint density at radius 1 is 1.20 bits per heavy atom. The van der Waals surface area contributed by atoms with Gasteiger partial charge in [0.1, 0.15) is 0 Å². The standard InChI is InChI=1S/C15H27F3N2/c1-2-6-13-11-20(10-9-15(16,17)18)14(12-19-13)7-4-3-5-8-14/h13,19H,2-12H2,1H3. The first-order valence-electron chi connectivity index (χ1n) is 8.00. The van der Waals surface area contributed by atoms with E-state index < -0.39 is 12.6 Å². The van der Waals surface area contributed by atoms with E-state index in [4.69, 9.17) is 0 Å². The van der Waals surface area contributed by atoms with Crippen LogP contribution in [0.25, 0.3) is 0 Å². The largest absolute Gasteiger partial charge is 0.390 e. The third kappa shape index (κ3) is 4.10. The van der Waals surface area contributed by atoms with Crippen molar-refractivity contribution in [2.45, 2.75) is 76.0 Å². The van der Waals surface area contributed by atoms with Crippen LogP contribution in [0.3, 0.4) is 0 Å². The fourth-order valence-corrected chi connectivity index (χ4v) is 3.81. The molecule has 1 spiro atoms. The van der Waals surface area contributed by atoms with Crippen LogP contribution in [0.2, 0.25) is 0 Å². The normalized spacial score (nSPS) is 27.9. The van der Waals surface area contributed by atoms with Gasteiger partial charge in [-0.05, 0) is 19.3 Å². The first-order valence-corrected chi connectivity index (χ1v) is 8.00. The minimum absolute atomic E-state index is 0.00621. The third-order valence-corrected chi connectivity index (χ3v) is 4.92. The Kier molecular flexibility index (Phi) is 5.35. The number of hydrogen-bond donors (Lipinski definition) is 1. The van der Waals surface area contributed by atoms with E-state index in [1.807, 2.05) is 0 Å². The number of alkyl halides is 3. The molecule has 1 aliphatic carbocycles. The number of rotatable bonds is 4. The van der Waals surface area contributed by atoms with E-state index in [0.717, 1.165) is 51.6 Å². The molecule has 0 aromatic carbocycles. The molecule has 1 aliphatic heterocycles. The number of nitrogens with zero attached hydrogens (tertiary/aromatic N) is 1. The molecule has 0 radical (unpaired) electrons. The van der Waals surface area contributed by atoms with Crippen LogP contribution in [0.5, 0.6) is 0 Å². The van der Waals surface area contributed by atoms with Crippen molar-refractivity contribution in [1.29, 1.82) is 0 Å². The van der Waals surface area contributed by atoms with Crippen molar-refractivity contribution in [3.05, 3.63) is 0 Å². The van der Waals surface area contributed by atoms with Gasteiger partial charge in [0.05, 0.1) is 6.42 Å². The minimum atomic E-state index is -4.04. The van der Waals surface area contributed by atoms with Gasteiger partial charge < -0.3 is 5.32 Å². The van der Waals surface area contributed by atoms with E-state index in [0.29, 0.717) is 6.04 Å². The van der Waals surface area contributed by atoms with E-state index >= 15 is 0 Å². The average molecular weight is 292 g/mol. The fourth-order valence-electron chi connectivity index (χ4n) is 3.81. The molecule has 1 saturated carbocycles. The molecule has 0 bridgehead atoms. The number of hydrogen-bond acceptors (Lipinski definition) is 2. The van der Waals surface area contributed by atoms with E-state index in [1.165, 1.54) is 6.42 Å². The summed E-state index contributed by atoms with van der Waals surface area (Å²) in [5, 5.41) is 3.58. The van der Waals surface area contributed by atoms with Crippen LogP contribution < -0.4 is 5.32 Å². The maximum Gasteiger partial charge on any atom is 0.390 e. The molecule has 0 aromatic rings. The summed E-state index contributed by atoms with van der Waals surface area (Å²) in [6.07, 6.45) is 3.07. The molecule has 1 unspecified atom stereocenters. The summed E-state index contributed by atoms with van der Waals surface area (Å²) in [5.41, 5.74) is -0.00621. The maximum atomic E-state index is 12.6. The van der Waals surface area contributed by atoms with E-state index in [2.05, 4.69) is 17.1 Å². The quantitative estimate of drug-likeness (QED) is 0.849. The molecule has 2 fully saturated rings. The zero-order valence-electron chi connectivity index (χ0n) is 12.4. The third-order valence-electron chi connectivity index (χ3n) is 4.92. The van der Waals surface area contributed by atoms with Crippen molar-refractivity contribution in [3.63, 3.8) is 0 Å². The molecule has 1 saturated heterocycles. The molecule has 0 amide bonds. The Bertz CT molecular complexity index is 298. The summed E-state index contributed by atoms with van der Waals surface area (Å²) in [7, 11) is 0. The topological polar surface area (TPSA) is 15.3 Å². The van der Waals surface area contributed by atoms with Crippen molar-refractivity contribution in [2.75, 3.05) is 19.6 Å². The first kappa shape index (κ1) is 16.1. The lowest BCUT2D eigenvalue weighted by Gasteiger charge is -2.52. The lowest BCUT2D eigenvalue weighted by Crippen LogP contribution is -2.65. The van der Waals surface area contributed by atoms with Crippen LogP contribution >= 0.6 is 0 Å². The second-order valence-electron chi connectivity index (χ2n) is 6.46. The highest BCUT2D eigenvalue weighted by atomic mass is 19.4. The molecule has 20 heavy (non-hydrogen) atoms. The summed E-state index contributed by atoms with van der Waals surface area (Å²) in [5.74, 6) is 0. The zero-order chi connectivity index (χ0) is 14.6. The van der Waals surface area contributed by atoms with Gasteiger partial charge in [-0.25, -0.2) is 0 Å². The molecule has 118 valence electrons. The lowest BCUT2D eigenvalue weighted by atomic mass is 9.78. The van der Waals surface area contributed by atoms with Crippen LogP contribution in [0, 0.1) is 0 Å². The van der Waals surface area contributed by atoms with Crippen LogP contribution in [-0.4, -0.2) is 42.3 Å². The van der Waals surface area contributed by atoms with Gasteiger partial charge in [-0.3, -0.25) is 4.90 Å². The van der Waals surface area contributed by atoms with E-state index in [9.17, 15) is 13.2 Å².